The molecule has 0 fully saturated rings. The molecule has 0 rings (SSSR count). The second kappa shape index (κ2) is 3.06. The smallest absolute Gasteiger partial charge is 0.426 e. The Kier molecular flexibility index (Phi) is 2.97. The summed E-state index contributed by atoms with van der Waals surface area (Å²) in [5.74, 6) is 0. The van der Waals surface area contributed by atoms with Crippen LogP contribution in [0.4, 0.5) is 4.79 Å². The summed E-state index contributed by atoms with van der Waals surface area (Å²) in [5.41, 5.74) is 5.90. The van der Waals surface area contributed by atoms with E-state index >= 15 is 0 Å². The number of alkyl halides is 1. The molecule has 0 heterocycles. The molecule has 53 valence electrons. The molecule has 0 aromatic rings. The highest BCUT2D eigenvalue weighted by Gasteiger charge is 2.19. The normalized spacial score (nSPS) is 11.0. The number of halogens is 1. The number of amides is 1. The lowest BCUT2D eigenvalue weighted by Gasteiger charge is -2.19. The number of ether oxygens (including phenoxy) is 1. The predicted octanol–water partition coefficient (Wildman–Crippen LogP) is 1.58. The summed E-state index contributed by atoms with van der Waals surface area (Å²) in [6.07, 6.45) is -0.987. The largest absolute Gasteiger partial charge is 0.441 e. The molecule has 3 nitrogen and oxygen atoms in total. The van der Waals surface area contributed by atoms with Crippen LogP contribution in [0.5, 0.6) is 0 Å². The van der Waals surface area contributed by atoms with Crippen LogP contribution in [0.1, 0.15) is 13.8 Å². The first-order valence-electron chi connectivity index (χ1n) is 2.48. The SMILES string of the molecule is CC(C)(CBr)OC([NH])=O. The highest BCUT2D eigenvalue weighted by Crippen LogP contribution is 2.11. The Balaban J connectivity index is 3.71. The molecule has 1 radical (unpaired) electrons. The van der Waals surface area contributed by atoms with Crippen molar-refractivity contribution in [2.45, 2.75) is 19.4 Å². The molecule has 0 saturated heterocycles. The Morgan fingerprint density at radius 3 is 2.33 bits per heavy atom. The van der Waals surface area contributed by atoms with Crippen LogP contribution in [0.2, 0.25) is 0 Å². The monoisotopic (exact) mass is 194 g/mol. The van der Waals surface area contributed by atoms with Gasteiger partial charge in [0, 0.05) is 5.33 Å². The lowest BCUT2D eigenvalue weighted by atomic mass is 10.2. The number of hydrogen-bond acceptors (Lipinski definition) is 2. The Bertz CT molecular complexity index is 114. The lowest BCUT2D eigenvalue weighted by molar-refractivity contribution is 0.0629. The van der Waals surface area contributed by atoms with Gasteiger partial charge in [0.2, 0.25) is 0 Å². The van der Waals surface area contributed by atoms with Crippen LogP contribution in [-0.2, 0) is 4.74 Å². The summed E-state index contributed by atoms with van der Waals surface area (Å²) in [5, 5.41) is 0.546. The first-order chi connectivity index (χ1) is 3.98. The van der Waals surface area contributed by atoms with Crippen molar-refractivity contribution in [3.63, 3.8) is 0 Å². The van der Waals surface area contributed by atoms with E-state index in [-0.39, 0.29) is 0 Å². The molecule has 0 bridgehead atoms. The first kappa shape index (κ1) is 8.75. The molecule has 4 heteroatoms. The lowest BCUT2D eigenvalue weighted by Crippen LogP contribution is -2.29. The van der Waals surface area contributed by atoms with Crippen LogP contribution in [-0.4, -0.2) is 17.0 Å². The van der Waals surface area contributed by atoms with Crippen LogP contribution in [0.3, 0.4) is 0 Å². The zero-order valence-corrected chi connectivity index (χ0v) is 6.99. The summed E-state index contributed by atoms with van der Waals surface area (Å²) >= 11 is 3.14. The van der Waals surface area contributed by atoms with Crippen LogP contribution >= 0.6 is 15.9 Å². The minimum absolute atomic E-state index is 0.546. The van der Waals surface area contributed by atoms with Gasteiger partial charge in [0.25, 0.3) is 0 Å². The maximum absolute atomic E-state index is 10.0. The molecule has 0 spiro atoms. The fraction of sp³-hybridized carbons (Fsp3) is 0.800. The molecule has 0 unspecified atom stereocenters. The van der Waals surface area contributed by atoms with Crippen molar-refractivity contribution in [2.24, 2.45) is 0 Å². The standard InChI is InChI=1S/C5H9BrNO2/c1-5(2,3-6)9-4(7)8/h7H,3H2,1-2H3. The van der Waals surface area contributed by atoms with E-state index in [1.807, 2.05) is 0 Å². The van der Waals surface area contributed by atoms with E-state index in [2.05, 4.69) is 20.7 Å². The molecule has 0 aliphatic rings. The van der Waals surface area contributed by atoms with Crippen LogP contribution in [0.15, 0.2) is 0 Å². The number of hydrogen-bond donors (Lipinski definition) is 0. The minimum Gasteiger partial charge on any atom is -0.441 e. The summed E-state index contributed by atoms with van der Waals surface area (Å²) in [6.45, 7) is 3.46. The predicted molar refractivity (Wildman–Crippen MR) is 37.5 cm³/mol. The summed E-state index contributed by atoms with van der Waals surface area (Å²) < 4.78 is 4.57. The molecule has 1 amide bonds. The molecule has 0 atom stereocenters. The average Bonchev–Trinajstić information content (AvgIpc) is 1.63. The average molecular weight is 195 g/mol. The second-order valence-electron chi connectivity index (χ2n) is 2.28. The third-order valence-corrected chi connectivity index (χ3v) is 2.04. The van der Waals surface area contributed by atoms with E-state index in [0.717, 1.165) is 0 Å². The molecule has 0 saturated carbocycles. The van der Waals surface area contributed by atoms with Gasteiger partial charge >= 0.3 is 6.09 Å². The Morgan fingerprint density at radius 1 is 1.78 bits per heavy atom. The summed E-state index contributed by atoms with van der Waals surface area (Å²) in [7, 11) is 0. The number of nitrogens with one attached hydrogen (secondary N) is 1. The van der Waals surface area contributed by atoms with Crippen LogP contribution in [0, 0.1) is 0 Å². The van der Waals surface area contributed by atoms with E-state index in [0.29, 0.717) is 5.33 Å². The van der Waals surface area contributed by atoms with Crippen LogP contribution in [0.25, 0.3) is 0 Å². The van der Waals surface area contributed by atoms with Crippen molar-refractivity contribution in [3.8, 4) is 0 Å². The van der Waals surface area contributed by atoms with Crippen molar-refractivity contribution >= 4 is 22.0 Å². The highest BCUT2D eigenvalue weighted by molar-refractivity contribution is 9.09. The second-order valence-corrected chi connectivity index (χ2v) is 2.84. The molecule has 0 aromatic heterocycles. The van der Waals surface area contributed by atoms with Crippen molar-refractivity contribution in [2.75, 3.05) is 5.33 Å². The number of carbonyl (C=O) groups is 1. The highest BCUT2D eigenvalue weighted by atomic mass is 79.9. The zero-order chi connectivity index (χ0) is 7.49. The number of carbonyl (C=O) groups excluding carboxylic acids is 1. The third kappa shape index (κ3) is 4.27. The van der Waals surface area contributed by atoms with Crippen LogP contribution < -0.4 is 5.73 Å². The van der Waals surface area contributed by atoms with E-state index in [1.165, 1.54) is 0 Å². The molecular weight excluding hydrogens is 186 g/mol. The summed E-state index contributed by atoms with van der Waals surface area (Å²) in [6, 6.07) is 0. The van der Waals surface area contributed by atoms with Gasteiger partial charge in [-0.25, -0.2) is 10.5 Å². The van der Waals surface area contributed by atoms with E-state index in [4.69, 9.17) is 5.73 Å². The zero-order valence-electron chi connectivity index (χ0n) is 5.40. The van der Waals surface area contributed by atoms with E-state index in [1.54, 1.807) is 13.8 Å². The molecule has 0 aliphatic heterocycles. The van der Waals surface area contributed by atoms with Gasteiger partial charge in [0.15, 0.2) is 0 Å². The molecule has 0 aromatic carbocycles. The molecular formula is C5H9BrNO2. The fourth-order valence-electron chi connectivity index (χ4n) is 0.278. The Labute approximate surface area is 62.7 Å². The van der Waals surface area contributed by atoms with E-state index in [9.17, 15) is 4.79 Å². The molecule has 1 N–H and O–H groups in total. The van der Waals surface area contributed by atoms with Crippen molar-refractivity contribution in [1.82, 2.24) is 5.73 Å². The molecule has 9 heavy (non-hydrogen) atoms. The van der Waals surface area contributed by atoms with Gasteiger partial charge in [-0.1, -0.05) is 15.9 Å². The van der Waals surface area contributed by atoms with Gasteiger partial charge in [0.05, 0.1) is 0 Å². The van der Waals surface area contributed by atoms with Gasteiger partial charge in [-0.2, -0.15) is 0 Å². The van der Waals surface area contributed by atoms with Gasteiger partial charge < -0.3 is 4.74 Å². The van der Waals surface area contributed by atoms with E-state index < -0.39 is 11.7 Å². The Hall–Kier alpha value is -0.250. The van der Waals surface area contributed by atoms with Crippen molar-refractivity contribution < 1.29 is 9.53 Å². The summed E-state index contributed by atoms with van der Waals surface area (Å²) in [4.78, 5) is 10.0. The van der Waals surface area contributed by atoms with Crippen molar-refractivity contribution in [3.05, 3.63) is 0 Å². The van der Waals surface area contributed by atoms with Gasteiger partial charge in [-0.15, -0.1) is 0 Å². The first-order valence-corrected chi connectivity index (χ1v) is 3.60. The Morgan fingerprint density at radius 2 is 2.22 bits per heavy atom. The maximum atomic E-state index is 10.0. The molecule has 0 aliphatic carbocycles. The maximum Gasteiger partial charge on any atom is 0.426 e. The van der Waals surface area contributed by atoms with Gasteiger partial charge in [-0.05, 0) is 13.8 Å². The van der Waals surface area contributed by atoms with Gasteiger partial charge in [0.1, 0.15) is 5.60 Å². The van der Waals surface area contributed by atoms with Gasteiger partial charge in [-0.3, -0.25) is 0 Å². The third-order valence-electron chi connectivity index (χ3n) is 0.691. The number of rotatable bonds is 2. The topological polar surface area (TPSA) is 50.1 Å². The fourth-order valence-corrected chi connectivity index (χ4v) is 0.393. The van der Waals surface area contributed by atoms with Crippen molar-refractivity contribution in [1.29, 1.82) is 0 Å². The quantitative estimate of drug-likeness (QED) is 0.628. The minimum atomic E-state index is -0.987.